The Labute approximate surface area is 132 Å². The average molecular weight is 322 g/mol. The van der Waals surface area contributed by atoms with E-state index in [1.165, 1.54) is 0 Å². The van der Waals surface area contributed by atoms with Crippen LogP contribution in [-0.4, -0.2) is 50.2 Å². The summed E-state index contributed by atoms with van der Waals surface area (Å²) in [4.78, 5) is 13.8. The minimum absolute atomic E-state index is 0.103. The second kappa shape index (κ2) is 5.66. The molecule has 2 aliphatic heterocycles. The Hall–Kier alpha value is -1.40. The maximum atomic E-state index is 12.6. The first-order valence-corrected chi connectivity index (χ1v) is 9.16. The molecule has 1 amide bonds. The van der Waals surface area contributed by atoms with Crippen molar-refractivity contribution in [1.29, 1.82) is 0 Å². The molecule has 2 saturated heterocycles. The minimum atomic E-state index is -3.39. The SMILES string of the molecule is CN1CC2(CCC1=O)CCN(S(=O)(=O)c1ccccc1)CC2. The van der Waals surface area contributed by atoms with E-state index in [0.29, 0.717) is 24.4 Å². The number of sulfonamides is 1. The minimum Gasteiger partial charge on any atom is -0.345 e. The summed E-state index contributed by atoms with van der Waals surface area (Å²) in [6.45, 7) is 1.84. The molecule has 2 heterocycles. The summed E-state index contributed by atoms with van der Waals surface area (Å²) >= 11 is 0. The number of carbonyl (C=O) groups is 1. The van der Waals surface area contributed by atoms with E-state index in [1.807, 2.05) is 13.1 Å². The molecule has 0 unspecified atom stereocenters. The first-order valence-electron chi connectivity index (χ1n) is 7.72. The van der Waals surface area contributed by atoms with Crippen molar-refractivity contribution in [2.75, 3.05) is 26.7 Å². The number of piperidine rings is 2. The number of hydrogen-bond donors (Lipinski definition) is 0. The van der Waals surface area contributed by atoms with Crippen LogP contribution in [0.3, 0.4) is 0 Å². The van der Waals surface area contributed by atoms with Crippen LogP contribution in [0, 0.1) is 5.41 Å². The van der Waals surface area contributed by atoms with Crippen LogP contribution >= 0.6 is 0 Å². The molecule has 3 rings (SSSR count). The van der Waals surface area contributed by atoms with E-state index in [4.69, 9.17) is 0 Å². The first kappa shape index (κ1) is 15.5. The standard InChI is InChI=1S/C16H22N2O3S/c1-17-13-16(8-7-15(17)19)9-11-18(12-10-16)22(20,21)14-5-3-2-4-6-14/h2-6H,7-13H2,1H3. The maximum Gasteiger partial charge on any atom is 0.243 e. The van der Waals surface area contributed by atoms with Crippen LogP contribution in [0.5, 0.6) is 0 Å². The van der Waals surface area contributed by atoms with Gasteiger partial charge in [0.1, 0.15) is 0 Å². The second-order valence-corrected chi connectivity index (χ2v) is 8.40. The third-order valence-corrected chi connectivity index (χ3v) is 6.94. The topological polar surface area (TPSA) is 57.7 Å². The third kappa shape index (κ3) is 2.77. The van der Waals surface area contributed by atoms with Gasteiger partial charge in [-0.1, -0.05) is 18.2 Å². The Morgan fingerprint density at radius 3 is 2.27 bits per heavy atom. The van der Waals surface area contributed by atoms with Gasteiger partial charge in [-0.2, -0.15) is 4.31 Å². The lowest BCUT2D eigenvalue weighted by Gasteiger charge is -2.46. The number of carbonyl (C=O) groups excluding carboxylic acids is 1. The summed E-state index contributed by atoms with van der Waals surface area (Å²) in [5.74, 6) is 0.199. The normalized spacial score (nSPS) is 23.0. The predicted molar refractivity (Wildman–Crippen MR) is 83.7 cm³/mol. The van der Waals surface area contributed by atoms with Gasteiger partial charge in [-0.15, -0.1) is 0 Å². The van der Waals surface area contributed by atoms with Crippen LogP contribution in [-0.2, 0) is 14.8 Å². The molecule has 0 bridgehead atoms. The smallest absolute Gasteiger partial charge is 0.243 e. The van der Waals surface area contributed by atoms with Gasteiger partial charge in [0.05, 0.1) is 4.90 Å². The molecule has 0 saturated carbocycles. The van der Waals surface area contributed by atoms with Crippen molar-refractivity contribution in [3.05, 3.63) is 30.3 Å². The zero-order valence-electron chi connectivity index (χ0n) is 12.9. The zero-order chi connectivity index (χ0) is 15.8. The van der Waals surface area contributed by atoms with E-state index in [1.54, 1.807) is 33.5 Å². The number of benzene rings is 1. The highest BCUT2D eigenvalue weighted by Gasteiger charge is 2.42. The predicted octanol–water partition coefficient (Wildman–Crippen LogP) is 1.71. The molecule has 22 heavy (non-hydrogen) atoms. The Balaban J connectivity index is 1.71. The molecule has 120 valence electrons. The van der Waals surface area contributed by atoms with Crippen molar-refractivity contribution in [3.63, 3.8) is 0 Å². The second-order valence-electron chi connectivity index (χ2n) is 6.47. The van der Waals surface area contributed by atoms with E-state index in [0.717, 1.165) is 25.8 Å². The van der Waals surface area contributed by atoms with E-state index in [-0.39, 0.29) is 11.3 Å². The molecule has 1 spiro atoms. The van der Waals surface area contributed by atoms with Gasteiger partial charge in [0.2, 0.25) is 15.9 Å². The molecule has 2 aliphatic rings. The molecule has 2 fully saturated rings. The fraction of sp³-hybridized carbons (Fsp3) is 0.562. The quantitative estimate of drug-likeness (QED) is 0.833. The molecular formula is C16H22N2O3S. The highest BCUT2D eigenvalue weighted by Crippen LogP contribution is 2.40. The molecule has 0 radical (unpaired) electrons. The number of nitrogens with zero attached hydrogens (tertiary/aromatic N) is 2. The molecule has 0 aromatic heterocycles. The van der Waals surface area contributed by atoms with Crippen molar-refractivity contribution >= 4 is 15.9 Å². The van der Waals surface area contributed by atoms with Gasteiger partial charge in [0.25, 0.3) is 0 Å². The Morgan fingerprint density at radius 2 is 1.68 bits per heavy atom. The first-order chi connectivity index (χ1) is 10.4. The van der Waals surface area contributed by atoms with Crippen LogP contribution in [0.25, 0.3) is 0 Å². The van der Waals surface area contributed by atoms with Crippen molar-refractivity contribution in [3.8, 4) is 0 Å². The van der Waals surface area contributed by atoms with Crippen LogP contribution in [0.4, 0.5) is 0 Å². The Kier molecular flexibility index (Phi) is 3.99. The van der Waals surface area contributed by atoms with Crippen LogP contribution in [0.1, 0.15) is 25.7 Å². The van der Waals surface area contributed by atoms with E-state index < -0.39 is 10.0 Å². The van der Waals surface area contributed by atoms with Gasteiger partial charge in [-0.05, 0) is 36.8 Å². The van der Waals surface area contributed by atoms with Crippen molar-refractivity contribution < 1.29 is 13.2 Å². The lowest BCUT2D eigenvalue weighted by atomic mass is 9.73. The van der Waals surface area contributed by atoms with Crippen molar-refractivity contribution in [1.82, 2.24) is 9.21 Å². The van der Waals surface area contributed by atoms with Gasteiger partial charge in [-0.3, -0.25) is 4.79 Å². The molecule has 1 aromatic carbocycles. The van der Waals surface area contributed by atoms with Crippen molar-refractivity contribution in [2.45, 2.75) is 30.6 Å². The number of likely N-dealkylation sites (tertiary alicyclic amines) is 1. The maximum absolute atomic E-state index is 12.6. The Morgan fingerprint density at radius 1 is 1.05 bits per heavy atom. The largest absolute Gasteiger partial charge is 0.345 e. The van der Waals surface area contributed by atoms with E-state index in [9.17, 15) is 13.2 Å². The summed E-state index contributed by atoms with van der Waals surface area (Å²) in [5.41, 5.74) is 0.103. The molecular weight excluding hydrogens is 300 g/mol. The molecule has 6 heteroatoms. The average Bonchev–Trinajstić information content (AvgIpc) is 2.53. The summed E-state index contributed by atoms with van der Waals surface area (Å²) in [6, 6.07) is 8.61. The lowest BCUT2D eigenvalue weighted by Crippen LogP contribution is -2.51. The van der Waals surface area contributed by atoms with Gasteiger partial charge in [-0.25, -0.2) is 8.42 Å². The zero-order valence-corrected chi connectivity index (χ0v) is 13.7. The van der Waals surface area contributed by atoms with Crippen LogP contribution < -0.4 is 0 Å². The monoisotopic (exact) mass is 322 g/mol. The third-order valence-electron chi connectivity index (χ3n) is 5.03. The molecule has 1 aromatic rings. The molecule has 0 N–H and O–H groups in total. The van der Waals surface area contributed by atoms with E-state index >= 15 is 0 Å². The summed E-state index contributed by atoms with van der Waals surface area (Å²) in [5, 5.41) is 0. The highest BCUT2D eigenvalue weighted by molar-refractivity contribution is 7.89. The summed E-state index contributed by atoms with van der Waals surface area (Å²) in [6.07, 6.45) is 3.13. The highest BCUT2D eigenvalue weighted by atomic mass is 32.2. The van der Waals surface area contributed by atoms with Gasteiger partial charge in [0.15, 0.2) is 0 Å². The molecule has 5 nitrogen and oxygen atoms in total. The summed E-state index contributed by atoms with van der Waals surface area (Å²) in [7, 11) is -1.55. The number of rotatable bonds is 2. The van der Waals surface area contributed by atoms with Gasteiger partial charge in [0, 0.05) is 33.1 Å². The van der Waals surface area contributed by atoms with Crippen LogP contribution in [0.15, 0.2) is 35.2 Å². The van der Waals surface area contributed by atoms with Crippen LogP contribution in [0.2, 0.25) is 0 Å². The van der Waals surface area contributed by atoms with E-state index in [2.05, 4.69) is 0 Å². The number of hydrogen-bond acceptors (Lipinski definition) is 3. The van der Waals surface area contributed by atoms with Gasteiger partial charge < -0.3 is 4.90 Å². The van der Waals surface area contributed by atoms with Gasteiger partial charge >= 0.3 is 0 Å². The van der Waals surface area contributed by atoms with Crippen molar-refractivity contribution in [2.24, 2.45) is 5.41 Å². The summed E-state index contributed by atoms with van der Waals surface area (Å²) < 4.78 is 26.9. The fourth-order valence-corrected chi connectivity index (χ4v) is 5.05. The molecule has 0 atom stereocenters. The fourth-order valence-electron chi connectivity index (χ4n) is 3.58. The molecule has 0 aliphatic carbocycles. The lowest BCUT2D eigenvalue weighted by molar-refractivity contribution is -0.136. The number of amides is 1. The Bertz CT molecular complexity index is 649.